The fourth-order valence-corrected chi connectivity index (χ4v) is 32.2. The number of hydrogen-bond acceptors (Lipinski definition) is 1. The van der Waals surface area contributed by atoms with E-state index in [-0.39, 0.29) is 24.8 Å². The van der Waals surface area contributed by atoms with Gasteiger partial charge in [0.15, 0.2) is 0 Å². The first kappa shape index (κ1) is 36.4. The summed E-state index contributed by atoms with van der Waals surface area (Å²) in [4.78, 5) is 1.60. The normalized spacial score (nSPS) is 18.8. The Hall–Kier alpha value is -2.39. The molecule has 8 rings (SSSR count). The van der Waals surface area contributed by atoms with E-state index in [2.05, 4.69) is 172 Å². The van der Waals surface area contributed by atoms with Gasteiger partial charge in [-0.15, -0.1) is 24.8 Å². The summed E-state index contributed by atoms with van der Waals surface area (Å²) in [6, 6.07) is 36.2. The predicted octanol–water partition coefficient (Wildman–Crippen LogP) is 13.0. The van der Waals surface area contributed by atoms with Crippen LogP contribution in [0, 0.1) is 12.8 Å². The van der Waals surface area contributed by atoms with Crippen LogP contribution in [0.15, 0.2) is 128 Å². The SMILES string of the molecule is CC1=Cc2c(-c3cccc4ccccc34)ccc(C)c2[CH]1[Zr]([CH3])([CH3])(=[SiH2])[C]1=C2SC(C)C(c3cccc4ccccc34)=C2C=C1C(C)C.Cl.Cl. The Labute approximate surface area is 311 Å². The standard InChI is InChI=1S/C21H19S.C21H17.2CH3.2ClH.H2Si.Zr/c1-13(2)16-11-19-20(12-16)22-14(3)21(19)18-10-6-8-15-7-4-5-9-17(15)18;1-14-12-20-15(2)10-11-19(21(20)13-14)18-9-5-7-16-6-3-4-8-17(16)18;;;;;;/h4-11,13-14H,1-3H3;3-13H,1-2H3;2*1H3;2*1H;1H2;. The maximum atomic E-state index is 2.77. The quantitative estimate of drug-likeness (QED) is 0.160. The van der Waals surface area contributed by atoms with Crippen molar-refractivity contribution in [3.05, 3.63) is 150 Å². The Balaban J connectivity index is 0.00000208. The van der Waals surface area contributed by atoms with Crippen LogP contribution in [0.3, 0.4) is 0 Å². The number of thioether (sulfide) groups is 1. The zero-order chi connectivity index (χ0) is 32.9. The van der Waals surface area contributed by atoms with E-state index >= 15 is 0 Å². The molecule has 5 aromatic rings. The summed E-state index contributed by atoms with van der Waals surface area (Å²) in [6.07, 6.45) is 5.20. The molecular formula is C44H46Cl2SSiZr. The maximum Gasteiger partial charge on any atom is -0.147 e. The zero-order valence-electron chi connectivity index (χ0n) is 29.6. The number of halogens is 2. The molecule has 3 aliphatic rings. The monoisotopic (exact) mass is 794 g/mol. The molecule has 1 aliphatic heterocycles. The number of rotatable bonds is 5. The average Bonchev–Trinajstić information content (AvgIpc) is 3.70. The molecule has 0 fully saturated rings. The van der Waals surface area contributed by atoms with Crippen molar-refractivity contribution in [3.8, 4) is 11.1 Å². The molecule has 0 aromatic heterocycles. The van der Waals surface area contributed by atoms with E-state index in [0.29, 0.717) is 14.8 Å². The summed E-state index contributed by atoms with van der Waals surface area (Å²) < 4.78 is 7.77. The molecule has 0 radical (unpaired) electrons. The van der Waals surface area contributed by atoms with Crippen LogP contribution in [0.2, 0.25) is 9.26 Å². The van der Waals surface area contributed by atoms with Gasteiger partial charge in [0.2, 0.25) is 0 Å². The van der Waals surface area contributed by atoms with Crippen molar-refractivity contribution in [3.63, 3.8) is 0 Å². The van der Waals surface area contributed by atoms with Gasteiger partial charge in [-0.1, -0.05) is 0 Å². The molecule has 250 valence electrons. The van der Waals surface area contributed by atoms with Crippen molar-refractivity contribution in [1.29, 1.82) is 0 Å². The minimum atomic E-state index is -3.81. The van der Waals surface area contributed by atoms with Gasteiger partial charge in [-0.25, -0.2) is 0 Å². The first-order valence-corrected chi connectivity index (χ1v) is 31.5. The molecule has 0 saturated carbocycles. The van der Waals surface area contributed by atoms with Crippen molar-refractivity contribution in [2.24, 2.45) is 5.92 Å². The first-order valence-electron chi connectivity index (χ1n) is 17.2. The third kappa shape index (κ3) is 5.59. The van der Waals surface area contributed by atoms with Crippen LogP contribution in [-0.2, 0) is 17.4 Å². The molecule has 2 atom stereocenters. The Morgan fingerprint density at radius 3 is 1.90 bits per heavy atom. The molecule has 0 bridgehead atoms. The van der Waals surface area contributed by atoms with Crippen LogP contribution in [-0.4, -0.2) is 12.1 Å². The minimum Gasteiger partial charge on any atom is -0.147 e. The zero-order valence-corrected chi connectivity index (χ0v) is 35.9. The largest absolute Gasteiger partial charge is 0.147 e. The van der Waals surface area contributed by atoms with Gasteiger partial charge < -0.3 is 0 Å². The molecule has 2 unspecified atom stereocenters. The second-order valence-corrected chi connectivity index (χ2v) is 46.2. The second kappa shape index (κ2) is 13.0. The summed E-state index contributed by atoms with van der Waals surface area (Å²) in [6.45, 7) is 14.5. The van der Waals surface area contributed by atoms with Crippen molar-refractivity contribution in [2.45, 2.75) is 52.8 Å². The van der Waals surface area contributed by atoms with E-state index in [4.69, 9.17) is 0 Å². The van der Waals surface area contributed by atoms with Crippen molar-refractivity contribution >= 4 is 76.6 Å². The Morgan fingerprint density at radius 1 is 0.694 bits per heavy atom. The Kier molecular flexibility index (Phi) is 9.65. The number of fused-ring (bicyclic) bond motifs is 4. The Morgan fingerprint density at radius 2 is 1.27 bits per heavy atom. The third-order valence-electron chi connectivity index (χ3n) is 11.2. The van der Waals surface area contributed by atoms with E-state index in [9.17, 15) is 0 Å². The van der Waals surface area contributed by atoms with Crippen molar-refractivity contribution < 1.29 is 17.4 Å². The summed E-state index contributed by atoms with van der Waals surface area (Å²) in [5.74, 6) is 0.478. The van der Waals surface area contributed by atoms with E-state index in [1.807, 2.05) is 0 Å². The minimum absolute atomic E-state index is 0. The van der Waals surface area contributed by atoms with Gasteiger partial charge in [0.25, 0.3) is 0 Å². The topological polar surface area (TPSA) is 0 Å². The van der Waals surface area contributed by atoms with Gasteiger partial charge in [0, 0.05) is 0 Å². The van der Waals surface area contributed by atoms with Crippen LogP contribution in [0.25, 0.3) is 44.3 Å². The fourth-order valence-electron chi connectivity index (χ4n) is 9.32. The smallest absolute Gasteiger partial charge is 0.147 e. The van der Waals surface area contributed by atoms with Crippen LogP contribution in [0.5, 0.6) is 0 Å². The molecule has 2 aliphatic carbocycles. The summed E-state index contributed by atoms with van der Waals surface area (Å²) in [5.41, 5.74) is 14.8. The van der Waals surface area contributed by atoms with Gasteiger partial charge in [0.1, 0.15) is 0 Å². The molecule has 0 saturated heterocycles. The molecule has 0 N–H and O–H groups in total. The fraction of sp³-hybridized carbons (Fsp3) is 0.227. The number of benzene rings is 5. The van der Waals surface area contributed by atoms with Crippen LogP contribution >= 0.6 is 36.6 Å². The summed E-state index contributed by atoms with van der Waals surface area (Å²) in [7, 11) is 0. The van der Waals surface area contributed by atoms with Crippen molar-refractivity contribution in [2.75, 3.05) is 0 Å². The van der Waals surface area contributed by atoms with Gasteiger partial charge in [-0.2, -0.15) is 0 Å². The molecule has 0 spiro atoms. The van der Waals surface area contributed by atoms with E-state index in [0.717, 1.165) is 0 Å². The number of hydrogen-bond donors (Lipinski definition) is 0. The van der Waals surface area contributed by atoms with E-state index in [1.54, 1.807) is 24.9 Å². The van der Waals surface area contributed by atoms with Gasteiger partial charge in [-0.05, 0) is 0 Å². The number of aryl methyl sites for hydroxylation is 1. The summed E-state index contributed by atoms with van der Waals surface area (Å²) >= 11 is -1.67. The van der Waals surface area contributed by atoms with Crippen LogP contribution in [0.4, 0.5) is 0 Å². The average molecular weight is 797 g/mol. The Bertz CT molecular complexity index is 2380. The third-order valence-corrected chi connectivity index (χ3v) is 29.1. The molecule has 5 aromatic carbocycles. The van der Waals surface area contributed by atoms with Crippen LogP contribution in [0.1, 0.15) is 53.6 Å². The second-order valence-electron chi connectivity index (χ2n) is 15.5. The van der Waals surface area contributed by atoms with Crippen molar-refractivity contribution in [1.82, 2.24) is 0 Å². The molecule has 0 amide bonds. The van der Waals surface area contributed by atoms with Gasteiger partial charge >= 0.3 is 289 Å². The summed E-state index contributed by atoms with van der Waals surface area (Å²) in [5, 5.41) is 5.76. The van der Waals surface area contributed by atoms with Gasteiger partial charge in [-0.3, -0.25) is 0 Å². The van der Waals surface area contributed by atoms with Crippen LogP contribution < -0.4 is 0 Å². The maximum absolute atomic E-state index is 3.81. The number of allylic oxidation sites excluding steroid dienone is 5. The molecule has 49 heavy (non-hydrogen) atoms. The van der Waals surface area contributed by atoms with E-state index < -0.39 is 17.4 Å². The predicted molar refractivity (Wildman–Crippen MR) is 223 cm³/mol. The molecule has 5 heteroatoms. The molecular weight excluding hydrogens is 751 g/mol. The first-order chi connectivity index (χ1) is 22.4. The van der Waals surface area contributed by atoms with E-state index in [1.165, 1.54) is 60.5 Å². The molecule has 0 nitrogen and oxygen atoms in total. The van der Waals surface area contributed by atoms with Gasteiger partial charge in [0.05, 0.1) is 0 Å². The molecule has 1 heterocycles.